The minimum atomic E-state index is -3.68. The number of amides is 1. The third-order valence-electron chi connectivity index (χ3n) is 3.83. The lowest BCUT2D eigenvalue weighted by atomic mass is 10.3. The first kappa shape index (κ1) is 20.4. The molecule has 3 rings (SSSR count). The first-order valence-electron chi connectivity index (χ1n) is 8.31. The standard InChI is InChI=1S/C18H17F2NO5S2/c19-18(20)27-13-3-1-12(2-4-13)21-17(22)7-10-28(23,24)14-5-6-15-16(11-14)26-9-8-25-15/h1-6,11,18H,7-10H2,(H,21,22). The molecule has 6 nitrogen and oxygen atoms in total. The summed E-state index contributed by atoms with van der Waals surface area (Å²) in [6.45, 7) is 0.745. The van der Waals surface area contributed by atoms with E-state index in [2.05, 4.69) is 5.32 Å². The molecule has 0 saturated carbocycles. The number of hydrogen-bond acceptors (Lipinski definition) is 6. The molecule has 1 heterocycles. The molecule has 0 saturated heterocycles. The quantitative estimate of drug-likeness (QED) is 0.678. The fourth-order valence-corrected chi connectivity index (χ4v) is 4.26. The van der Waals surface area contributed by atoms with Crippen LogP contribution in [0.5, 0.6) is 11.5 Å². The van der Waals surface area contributed by atoms with E-state index in [0.717, 1.165) is 0 Å². The van der Waals surface area contributed by atoms with Crippen LogP contribution in [0.4, 0.5) is 14.5 Å². The van der Waals surface area contributed by atoms with Crippen molar-refractivity contribution in [2.45, 2.75) is 22.0 Å². The summed E-state index contributed by atoms with van der Waals surface area (Å²) in [4.78, 5) is 12.5. The Hall–Kier alpha value is -2.33. The Labute approximate surface area is 165 Å². The smallest absolute Gasteiger partial charge is 0.288 e. The number of carbonyl (C=O) groups excluding carboxylic acids is 1. The fourth-order valence-electron chi connectivity index (χ4n) is 2.51. The summed E-state index contributed by atoms with van der Waals surface area (Å²) in [7, 11) is -3.68. The summed E-state index contributed by atoms with van der Waals surface area (Å²) in [6, 6.07) is 10.2. The third kappa shape index (κ3) is 5.35. The maximum absolute atomic E-state index is 12.5. The van der Waals surface area contributed by atoms with Crippen LogP contribution in [0.1, 0.15) is 6.42 Å². The lowest BCUT2D eigenvalue weighted by Gasteiger charge is -2.18. The van der Waals surface area contributed by atoms with Crippen LogP contribution in [0.25, 0.3) is 0 Å². The molecular formula is C18H17F2NO5S2. The number of benzene rings is 2. The molecule has 1 N–H and O–H groups in total. The number of hydrogen-bond donors (Lipinski definition) is 1. The summed E-state index contributed by atoms with van der Waals surface area (Å²) >= 11 is 0.402. The van der Waals surface area contributed by atoms with Crippen LogP contribution < -0.4 is 14.8 Å². The van der Waals surface area contributed by atoms with Gasteiger partial charge >= 0.3 is 0 Å². The van der Waals surface area contributed by atoms with Crippen molar-refractivity contribution >= 4 is 33.2 Å². The first-order valence-corrected chi connectivity index (χ1v) is 10.8. The van der Waals surface area contributed by atoms with Gasteiger partial charge < -0.3 is 14.8 Å². The van der Waals surface area contributed by atoms with Gasteiger partial charge in [-0.3, -0.25) is 4.79 Å². The molecular weight excluding hydrogens is 412 g/mol. The van der Waals surface area contributed by atoms with Gasteiger partial charge in [0.15, 0.2) is 21.3 Å². The summed E-state index contributed by atoms with van der Waals surface area (Å²) in [6.07, 6.45) is -0.246. The molecule has 0 radical (unpaired) electrons. The number of carbonyl (C=O) groups is 1. The topological polar surface area (TPSA) is 81.7 Å². The second-order valence-electron chi connectivity index (χ2n) is 5.83. The number of sulfone groups is 1. The molecule has 1 aliphatic rings. The fraction of sp³-hybridized carbons (Fsp3) is 0.278. The lowest BCUT2D eigenvalue weighted by molar-refractivity contribution is -0.115. The molecule has 1 aliphatic heterocycles. The Morgan fingerprint density at radius 1 is 1.07 bits per heavy atom. The summed E-state index contributed by atoms with van der Waals surface area (Å²) in [5.74, 6) is -2.55. The number of rotatable bonds is 7. The highest BCUT2D eigenvalue weighted by Gasteiger charge is 2.20. The van der Waals surface area contributed by atoms with Gasteiger partial charge in [0, 0.05) is 23.1 Å². The molecule has 2 aromatic carbocycles. The number of thioether (sulfide) groups is 1. The Balaban J connectivity index is 1.57. The van der Waals surface area contributed by atoms with Crippen LogP contribution in [-0.2, 0) is 14.6 Å². The van der Waals surface area contributed by atoms with E-state index in [1.807, 2.05) is 0 Å². The van der Waals surface area contributed by atoms with Gasteiger partial charge in [-0.1, -0.05) is 11.8 Å². The molecule has 1 amide bonds. The zero-order valence-electron chi connectivity index (χ0n) is 14.6. The highest BCUT2D eigenvalue weighted by Crippen LogP contribution is 2.32. The summed E-state index contributed by atoms with van der Waals surface area (Å²) < 4.78 is 60.3. The number of alkyl halides is 2. The van der Waals surface area contributed by atoms with Gasteiger partial charge in [-0.25, -0.2) is 8.42 Å². The summed E-state index contributed by atoms with van der Waals surface area (Å²) in [5.41, 5.74) is 0.403. The average Bonchev–Trinajstić information content (AvgIpc) is 2.67. The van der Waals surface area contributed by atoms with Crippen molar-refractivity contribution in [3.8, 4) is 11.5 Å². The highest BCUT2D eigenvalue weighted by atomic mass is 32.2. The van der Waals surface area contributed by atoms with Crippen molar-refractivity contribution < 1.29 is 31.5 Å². The average molecular weight is 429 g/mol. The summed E-state index contributed by atoms with van der Waals surface area (Å²) in [5, 5.41) is 2.55. The predicted molar refractivity (Wildman–Crippen MR) is 101 cm³/mol. The van der Waals surface area contributed by atoms with Gasteiger partial charge in [-0.05, 0) is 36.4 Å². The van der Waals surface area contributed by atoms with Crippen molar-refractivity contribution in [1.29, 1.82) is 0 Å². The second kappa shape index (κ2) is 8.78. The number of fused-ring (bicyclic) bond motifs is 1. The SMILES string of the molecule is O=C(CCS(=O)(=O)c1ccc2c(c1)OCCO2)Nc1ccc(SC(F)F)cc1. The largest absolute Gasteiger partial charge is 0.486 e. The lowest BCUT2D eigenvalue weighted by Crippen LogP contribution is -2.18. The molecule has 0 fully saturated rings. The van der Waals surface area contributed by atoms with E-state index in [-0.39, 0.29) is 17.1 Å². The van der Waals surface area contributed by atoms with Crippen LogP contribution in [0.3, 0.4) is 0 Å². The van der Waals surface area contributed by atoms with Crippen LogP contribution in [0.2, 0.25) is 0 Å². The number of ether oxygens (including phenoxy) is 2. The normalized spacial score (nSPS) is 13.4. The van der Waals surface area contributed by atoms with Crippen LogP contribution in [-0.4, -0.2) is 39.0 Å². The minimum Gasteiger partial charge on any atom is -0.486 e. The minimum absolute atomic E-state index is 0.0536. The Morgan fingerprint density at radius 3 is 2.43 bits per heavy atom. The van der Waals surface area contributed by atoms with Crippen molar-refractivity contribution in [3.05, 3.63) is 42.5 Å². The van der Waals surface area contributed by atoms with Crippen LogP contribution in [0.15, 0.2) is 52.3 Å². The monoisotopic (exact) mass is 429 g/mol. The van der Waals surface area contributed by atoms with E-state index in [0.29, 0.717) is 47.1 Å². The van der Waals surface area contributed by atoms with Gasteiger partial charge in [0.05, 0.1) is 10.6 Å². The Kier molecular flexibility index (Phi) is 6.40. The molecule has 10 heteroatoms. The van der Waals surface area contributed by atoms with Gasteiger partial charge in [0.1, 0.15) is 13.2 Å². The van der Waals surface area contributed by atoms with Crippen molar-refractivity contribution in [3.63, 3.8) is 0 Å². The maximum atomic E-state index is 12.5. The zero-order valence-corrected chi connectivity index (χ0v) is 16.2. The molecule has 0 aliphatic carbocycles. The van der Waals surface area contributed by atoms with E-state index < -0.39 is 21.5 Å². The Bertz CT molecular complexity index is 949. The molecule has 0 bridgehead atoms. The van der Waals surface area contributed by atoms with Gasteiger partial charge in [-0.2, -0.15) is 8.78 Å². The molecule has 0 unspecified atom stereocenters. The third-order valence-corrected chi connectivity index (χ3v) is 6.27. The molecule has 150 valence electrons. The van der Waals surface area contributed by atoms with Crippen LogP contribution in [0, 0.1) is 0 Å². The number of halogens is 2. The number of anilines is 1. The van der Waals surface area contributed by atoms with Crippen molar-refractivity contribution in [2.75, 3.05) is 24.3 Å². The first-order chi connectivity index (χ1) is 13.3. The van der Waals surface area contributed by atoms with E-state index in [1.165, 1.54) is 42.5 Å². The van der Waals surface area contributed by atoms with Gasteiger partial charge in [0.2, 0.25) is 5.91 Å². The molecule has 2 aromatic rings. The molecule has 0 spiro atoms. The highest BCUT2D eigenvalue weighted by molar-refractivity contribution is 7.99. The maximum Gasteiger partial charge on any atom is 0.288 e. The van der Waals surface area contributed by atoms with Crippen molar-refractivity contribution in [2.24, 2.45) is 0 Å². The Morgan fingerprint density at radius 2 is 1.75 bits per heavy atom. The van der Waals surface area contributed by atoms with Crippen LogP contribution >= 0.6 is 11.8 Å². The molecule has 0 aromatic heterocycles. The zero-order chi connectivity index (χ0) is 20.1. The van der Waals surface area contributed by atoms with Gasteiger partial charge in [-0.15, -0.1) is 0 Å². The van der Waals surface area contributed by atoms with Crippen molar-refractivity contribution in [1.82, 2.24) is 0 Å². The van der Waals surface area contributed by atoms with Gasteiger partial charge in [0.25, 0.3) is 5.76 Å². The van der Waals surface area contributed by atoms with E-state index in [4.69, 9.17) is 9.47 Å². The van der Waals surface area contributed by atoms with E-state index >= 15 is 0 Å². The van der Waals surface area contributed by atoms with E-state index in [9.17, 15) is 22.0 Å². The predicted octanol–water partition coefficient (Wildman–Crippen LogP) is 3.58. The number of nitrogens with one attached hydrogen (secondary N) is 1. The molecule has 0 atom stereocenters. The van der Waals surface area contributed by atoms with E-state index in [1.54, 1.807) is 0 Å². The molecule has 28 heavy (non-hydrogen) atoms. The second-order valence-corrected chi connectivity index (χ2v) is 9.00.